The number of carboxylic acid groups (broad SMARTS) is 1. The number of carboxylic acids is 1. The number of nitrogens with zero attached hydrogens (tertiary/aromatic N) is 1. The number of rotatable bonds is 4. The molecule has 1 heterocycles. The highest BCUT2D eigenvalue weighted by atomic mass is 28.3. The topological polar surface area (TPSA) is 61.8 Å². The third-order valence-corrected chi connectivity index (χ3v) is 3.95. The Morgan fingerprint density at radius 1 is 1.47 bits per heavy atom. The molecule has 1 aliphatic rings. The maximum absolute atomic E-state index is 11.7. The van der Waals surface area contributed by atoms with E-state index in [-0.39, 0.29) is 5.41 Å². The predicted molar refractivity (Wildman–Crippen MR) is 68.9 cm³/mol. The molecule has 0 spiro atoms. The number of hydrogen-bond acceptors (Lipinski definition) is 4. The van der Waals surface area contributed by atoms with Crippen molar-refractivity contribution in [3.05, 3.63) is 0 Å². The van der Waals surface area contributed by atoms with Gasteiger partial charge in [-0.25, -0.2) is 5.01 Å². The number of aliphatic carboxylic acids is 1. The Morgan fingerprint density at radius 2 is 2.06 bits per heavy atom. The first-order valence-electron chi connectivity index (χ1n) is 6.14. The third kappa shape index (κ3) is 2.70. The summed E-state index contributed by atoms with van der Waals surface area (Å²) in [6.07, 6.45) is 1.53. The van der Waals surface area contributed by atoms with Gasteiger partial charge in [-0.1, -0.05) is 20.8 Å². The van der Waals surface area contributed by atoms with E-state index in [1.165, 1.54) is 0 Å². The molecule has 5 nitrogen and oxygen atoms in total. The lowest BCUT2D eigenvalue weighted by atomic mass is 9.72. The summed E-state index contributed by atoms with van der Waals surface area (Å²) in [4.78, 5) is 11.7. The van der Waals surface area contributed by atoms with Gasteiger partial charge < -0.3 is 9.63 Å². The summed E-state index contributed by atoms with van der Waals surface area (Å²) in [6, 6.07) is 0. The van der Waals surface area contributed by atoms with E-state index in [0.717, 1.165) is 6.42 Å². The Hall–Kier alpha value is -0.433. The highest BCUT2D eigenvalue weighted by Crippen LogP contribution is 2.42. The average Bonchev–Trinajstić information content (AvgIpc) is 2.57. The molecule has 1 atom stereocenters. The molecule has 1 fully saturated rings. The zero-order valence-electron chi connectivity index (χ0n) is 11.4. The van der Waals surface area contributed by atoms with Gasteiger partial charge in [0, 0.05) is 6.54 Å². The van der Waals surface area contributed by atoms with Crippen molar-refractivity contribution in [2.45, 2.75) is 52.2 Å². The predicted octanol–water partition coefficient (Wildman–Crippen LogP) is 1.37. The lowest BCUT2D eigenvalue weighted by Crippen LogP contribution is -2.63. The SMILES string of the molecule is C[SiH](C)ONN1CCC[C@]1(C(=O)O)C(C)(C)C. The van der Waals surface area contributed by atoms with Gasteiger partial charge in [0.05, 0.1) is 0 Å². The van der Waals surface area contributed by atoms with Crippen LogP contribution in [-0.4, -0.2) is 37.2 Å². The summed E-state index contributed by atoms with van der Waals surface area (Å²) < 4.78 is 5.48. The largest absolute Gasteiger partial charge is 0.480 e. The fraction of sp³-hybridized carbons (Fsp3) is 0.909. The van der Waals surface area contributed by atoms with Crippen molar-refractivity contribution in [2.75, 3.05) is 6.54 Å². The molecule has 0 aromatic rings. The molecule has 0 radical (unpaired) electrons. The Labute approximate surface area is 105 Å². The van der Waals surface area contributed by atoms with Crippen LogP contribution in [0, 0.1) is 5.41 Å². The quantitative estimate of drug-likeness (QED) is 0.590. The zero-order valence-corrected chi connectivity index (χ0v) is 12.6. The molecular formula is C11H24N2O3Si. The molecule has 1 aliphatic heterocycles. The molecule has 17 heavy (non-hydrogen) atoms. The molecule has 0 amide bonds. The van der Waals surface area contributed by atoms with Crippen molar-refractivity contribution in [1.82, 2.24) is 10.6 Å². The van der Waals surface area contributed by atoms with Gasteiger partial charge in [0.15, 0.2) is 0 Å². The highest BCUT2D eigenvalue weighted by molar-refractivity contribution is 6.48. The van der Waals surface area contributed by atoms with E-state index in [9.17, 15) is 9.90 Å². The van der Waals surface area contributed by atoms with Crippen molar-refractivity contribution < 1.29 is 14.4 Å². The fourth-order valence-corrected chi connectivity index (χ4v) is 2.77. The third-order valence-electron chi connectivity index (χ3n) is 3.37. The second kappa shape index (κ2) is 5.05. The van der Waals surface area contributed by atoms with Crippen LogP contribution in [0.25, 0.3) is 0 Å². The molecule has 1 rings (SSSR count). The van der Waals surface area contributed by atoms with E-state index in [1.807, 2.05) is 33.9 Å². The van der Waals surface area contributed by atoms with Crippen molar-refractivity contribution in [1.29, 1.82) is 0 Å². The van der Waals surface area contributed by atoms with Gasteiger partial charge in [0.2, 0.25) is 9.04 Å². The van der Waals surface area contributed by atoms with Crippen molar-refractivity contribution in [3.8, 4) is 0 Å². The van der Waals surface area contributed by atoms with Gasteiger partial charge in [0.25, 0.3) is 0 Å². The van der Waals surface area contributed by atoms with Gasteiger partial charge in [-0.3, -0.25) is 4.79 Å². The molecule has 0 unspecified atom stereocenters. The lowest BCUT2D eigenvalue weighted by Gasteiger charge is -2.44. The molecule has 2 N–H and O–H groups in total. The smallest absolute Gasteiger partial charge is 0.326 e. The van der Waals surface area contributed by atoms with Gasteiger partial charge in [-0.05, 0) is 31.4 Å². The molecule has 0 bridgehead atoms. The minimum atomic E-state index is -1.22. The van der Waals surface area contributed by atoms with Crippen LogP contribution >= 0.6 is 0 Å². The van der Waals surface area contributed by atoms with Crippen molar-refractivity contribution >= 4 is 15.0 Å². The summed E-state index contributed by atoms with van der Waals surface area (Å²) in [5.74, 6) is -0.774. The molecule has 1 saturated heterocycles. The molecule has 0 aliphatic carbocycles. The number of hydrogen-bond donors (Lipinski definition) is 2. The van der Waals surface area contributed by atoms with Crippen LogP contribution in [0.1, 0.15) is 33.6 Å². The van der Waals surface area contributed by atoms with Crippen molar-refractivity contribution in [3.63, 3.8) is 0 Å². The molecule has 0 saturated carbocycles. The second-order valence-electron chi connectivity index (χ2n) is 5.93. The summed E-state index contributed by atoms with van der Waals surface area (Å²) >= 11 is 0. The first-order chi connectivity index (χ1) is 7.72. The maximum Gasteiger partial charge on any atom is 0.326 e. The van der Waals surface area contributed by atoms with Gasteiger partial charge in [-0.2, -0.15) is 0 Å². The minimum absolute atomic E-state index is 0.343. The van der Waals surface area contributed by atoms with Gasteiger partial charge >= 0.3 is 5.97 Å². The molecular weight excluding hydrogens is 236 g/mol. The van der Waals surface area contributed by atoms with Gasteiger partial charge in [0.1, 0.15) is 5.54 Å². The first kappa shape index (κ1) is 14.6. The Kier molecular flexibility index (Phi) is 4.35. The number of hydrazine groups is 1. The minimum Gasteiger partial charge on any atom is -0.480 e. The Morgan fingerprint density at radius 3 is 2.47 bits per heavy atom. The van der Waals surface area contributed by atoms with Crippen LogP contribution < -0.4 is 5.59 Å². The molecule has 0 aromatic carbocycles. The standard InChI is InChI=1S/C11H24N2O3Si/c1-10(2,3)11(9(14)15)7-6-8-13(11)12-16-17(4)5/h12,17H,6-8H2,1-5H3,(H,14,15)/t11-/m0/s1. The summed E-state index contributed by atoms with van der Waals surface area (Å²) in [6.45, 7) is 10.7. The van der Waals surface area contributed by atoms with E-state index < -0.39 is 20.5 Å². The zero-order chi connectivity index (χ0) is 13.3. The summed E-state index contributed by atoms with van der Waals surface area (Å²) in [7, 11) is -1.22. The monoisotopic (exact) mass is 260 g/mol. The maximum atomic E-state index is 11.7. The van der Waals surface area contributed by atoms with Crippen LogP contribution in [0.5, 0.6) is 0 Å². The van der Waals surface area contributed by atoms with Gasteiger partial charge in [-0.15, -0.1) is 5.59 Å². The van der Waals surface area contributed by atoms with E-state index >= 15 is 0 Å². The fourth-order valence-electron chi connectivity index (χ4n) is 2.43. The van der Waals surface area contributed by atoms with Crippen molar-refractivity contribution in [2.24, 2.45) is 5.41 Å². The lowest BCUT2D eigenvalue weighted by molar-refractivity contribution is -0.170. The normalized spacial score (nSPS) is 26.7. The average molecular weight is 260 g/mol. The van der Waals surface area contributed by atoms with Crippen LogP contribution in [0.3, 0.4) is 0 Å². The van der Waals surface area contributed by atoms with Crippen LogP contribution in [0.15, 0.2) is 0 Å². The summed E-state index contributed by atoms with van der Waals surface area (Å²) in [5.41, 5.74) is 1.65. The summed E-state index contributed by atoms with van der Waals surface area (Å²) in [5, 5.41) is 11.4. The van der Waals surface area contributed by atoms with E-state index in [4.69, 9.17) is 4.53 Å². The van der Waals surface area contributed by atoms with E-state index in [1.54, 1.807) is 5.01 Å². The Bertz CT molecular complexity index is 291. The van der Waals surface area contributed by atoms with E-state index in [0.29, 0.717) is 13.0 Å². The highest BCUT2D eigenvalue weighted by Gasteiger charge is 2.56. The first-order valence-corrected chi connectivity index (χ1v) is 8.92. The van der Waals surface area contributed by atoms with E-state index in [2.05, 4.69) is 5.59 Å². The second-order valence-corrected chi connectivity index (χ2v) is 8.26. The van der Waals surface area contributed by atoms with Crippen LogP contribution in [-0.2, 0) is 9.32 Å². The Balaban J connectivity index is 2.92. The molecule has 100 valence electrons. The molecule has 0 aromatic heterocycles. The number of carbonyl (C=O) groups is 1. The van der Waals surface area contributed by atoms with Crippen LogP contribution in [0.4, 0.5) is 0 Å². The van der Waals surface area contributed by atoms with Crippen LogP contribution in [0.2, 0.25) is 13.1 Å². The molecule has 6 heteroatoms. The number of nitrogens with one attached hydrogen (secondary N) is 1.